The van der Waals surface area contributed by atoms with E-state index in [0.29, 0.717) is 26.8 Å². The summed E-state index contributed by atoms with van der Waals surface area (Å²) >= 11 is 7.41. The molecule has 2 aromatic carbocycles. The minimum atomic E-state index is -0.663. The molecule has 1 saturated carbocycles. The molecular formula is C22H21ClN4O3S. The van der Waals surface area contributed by atoms with Gasteiger partial charge in [-0.15, -0.1) is 0 Å². The van der Waals surface area contributed by atoms with E-state index in [1.807, 2.05) is 6.92 Å². The van der Waals surface area contributed by atoms with Crippen LogP contribution >= 0.6 is 23.4 Å². The number of thioether (sulfide) groups is 1. The summed E-state index contributed by atoms with van der Waals surface area (Å²) < 4.78 is 1.47. The van der Waals surface area contributed by atoms with Crippen LogP contribution in [0.5, 0.6) is 0 Å². The van der Waals surface area contributed by atoms with Crippen LogP contribution in [0, 0.1) is 6.92 Å². The second-order valence-corrected chi connectivity index (χ2v) is 9.15. The molecule has 0 saturated heterocycles. The number of halogens is 1. The number of nitrogens with one attached hydrogen (secondary N) is 2. The molecule has 7 nitrogen and oxygen atoms in total. The molecule has 1 aliphatic rings. The van der Waals surface area contributed by atoms with Gasteiger partial charge in [0.2, 0.25) is 5.91 Å². The first-order valence-corrected chi connectivity index (χ1v) is 11.2. The summed E-state index contributed by atoms with van der Waals surface area (Å²) in [5, 5.41) is 5.75. The number of amides is 3. The van der Waals surface area contributed by atoms with E-state index in [1.54, 1.807) is 49.4 Å². The van der Waals surface area contributed by atoms with Crippen LogP contribution in [0.25, 0.3) is 16.6 Å². The van der Waals surface area contributed by atoms with Crippen molar-refractivity contribution in [2.45, 2.75) is 43.1 Å². The van der Waals surface area contributed by atoms with Crippen molar-refractivity contribution in [3.63, 3.8) is 0 Å². The van der Waals surface area contributed by atoms with Crippen molar-refractivity contribution in [3.05, 3.63) is 63.4 Å². The molecule has 1 heterocycles. The number of fused-ring (bicyclic) bond motifs is 1. The monoisotopic (exact) mass is 456 g/mol. The normalized spacial score (nSPS) is 14.3. The Labute approximate surface area is 188 Å². The van der Waals surface area contributed by atoms with Crippen molar-refractivity contribution >= 4 is 46.2 Å². The molecule has 0 spiro atoms. The standard InChI is InChI=1S/C22H21ClN4O3S/c1-12-16(23)7-5-9-18(12)27-20(29)15-6-3-4-8-17(15)25-22(27)31-13(2)19(28)26-21(30)24-14-10-11-14/h3-9,13-14H,10-11H2,1-2H3,(H2,24,26,28,30). The van der Waals surface area contributed by atoms with Gasteiger partial charge in [-0.3, -0.25) is 19.5 Å². The third kappa shape index (κ3) is 4.60. The summed E-state index contributed by atoms with van der Waals surface area (Å²) in [4.78, 5) is 42.5. The molecule has 9 heteroatoms. The molecule has 1 aliphatic carbocycles. The molecule has 3 amide bonds. The highest BCUT2D eigenvalue weighted by molar-refractivity contribution is 8.00. The molecule has 1 aromatic heterocycles. The summed E-state index contributed by atoms with van der Waals surface area (Å²) in [5.74, 6) is -0.458. The van der Waals surface area contributed by atoms with Crippen LogP contribution in [0.2, 0.25) is 5.02 Å². The number of urea groups is 1. The van der Waals surface area contributed by atoms with E-state index in [4.69, 9.17) is 11.6 Å². The van der Waals surface area contributed by atoms with Crippen LogP contribution in [-0.2, 0) is 4.79 Å². The minimum Gasteiger partial charge on any atom is -0.335 e. The highest BCUT2D eigenvalue weighted by Gasteiger charge is 2.26. The van der Waals surface area contributed by atoms with E-state index in [1.165, 1.54) is 4.57 Å². The van der Waals surface area contributed by atoms with Gasteiger partial charge in [0.25, 0.3) is 5.56 Å². The van der Waals surface area contributed by atoms with E-state index in [9.17, 15) is 14.4 Å². The maximum absolute atomic E-state index is 13.4. The quantitative estimate of drug-likeness (QED) is 0.449. The van der Waals surface area contributed by atoms with E-state index < -0.39 is 17.2 Å². The molecular weight excluding hydrogens is 436 g/mol. The number of benzene rings is 2. The first-order valence-electron chi connectivity index (χ1n) is 9.90. The maximum Gasteiger partial charge on any atom is 0.321 e. The zero-order chi connectivity index (χ0) is 22.1. The lowest BCUT2D eigenvalue weighted by atomic mass is 10.2. The molecule has 0 aliphatic heterocycles. The van der Waals surface area contributed by atoms with Crippen LogP contribution in [0.4, 0.5) is 4.79 Å². The molecule has 4 rings (SSSR count). The van der Waals surface area contributed by atoms with Crippen LogP contribution in [0.3, 0.4) is 0 Å². The fourth-order valence-electron chi connectivity index (χ4n) is 3.12. The Bertz CT molecular complexity index is 1240. The summed E-state index contributed by atoms with van der Waals surface area (Å²) in [5.41, 5.74) is 1.60. The molecule has 1 fully saturated rings. The molecule has 31 heavy (non-hydrogen) atoms. The third-order valence-electron chi connectivity index (χ3n) is 5.03. The summed E-state index contributed by atoms with van der Waals surface area (Å²) in [6.07, 6.45) is 1.86. The number of carbonyl (C=O) groups is 2. The van der Waals surface area contributed by atoms with Gasteiger partial charge in [0.05, 0.1) is 21.8 Å². The molecule has 2 N–H and O–H groups in total. The lowest BCUT2D eigenvalue weighted by Crippen LogP contribution is -2.43. The maximum atomic E-state index is 13.4. The highest BCUT2D eigenvalue weighted by atomic mass is 35.5. The first-order chi connectivity index (χ1) is 14.8. The van der Waals surface area contributed by atoms with Gasteiger partial charge in [0, 0.05) is 11.1 Å². The predicted octanol–water partition coefficient (Wildman–Crippen LogP) is 3.82. The number of imide groups is 1. The summed E-state index contributed by atoms with van der Waals surface area (Å²) in [6.45, 7) is 3.49. The summed E-state index contributed by atoms with van der Waals surface area (Å²) in [6, 6.07) is 12.0. The number of para-hydroxylation sites is 1. The first kappa shape index (κ1) is 21.4. The highest BCUT2D eigenvalue weighted by Crippen LogP contribution is 2.28. The van der Waals surface area contributed by atoms with E-state index in [0.717, 1.165) is 30.2 Å². The van der Waals surface area contributed by atoms with Gasteiger partial charge in [0.15, 0.2) is 5.16 Å². The van der Waals surface area contributed by atoms with Gasteiger partial charge in [0.1, 0.15) is 0 Å². The largest absolute Gasteiger partial charge is 0.335 e. The number of carbonyl (C=O) groups excluding carboxylic acids is 2. The Hall–Kier alpha value is -2.84. The molecule has 0 radical (unpaired) electrons. The van der Waals surface area contributed by atoms with Crippen LogP contribution in [-0.4, -0.2) is 32.8 Å². The molecule has 0 bridgehead atoms. The molecule has 1 atom stereocenters. The van der Waals surface area contributed by atoms with Gasteiger partial charge in [-0.1, -0.05) is 41.6 Å². The van der Waals surface area contributed by atoms with Gasteiger partial charge in [-0.05, 0) is 56.5 Å². The van der Waals surface area contributed by atoms with Gasteiger partial charge >= 0.3 is 6.03 Å². The molecule has 160 valence electrons. The Morgan fingerprint density at radius 2 is 1.94 bits per heavy atom. The number of aromatic nitrogens is 2. The van der Waals surface area contributed by atoms with Gasteiger partial charge < -0.3 is 5.32 Å². The van der Waals surface area contributed by atoms with Crippen LogP contribution in [0.15, 0.2) is 52.4 Å². The number of hydrogen-bond acceptors (Lipinski definition) is 5. The Balaban J connectivity index is 1.72. The van der Waals surface area contributed by atoms with Crippen molar-refractivity contribution in [1.29, 1.82) is 0 Å². The van der Waals surface area contributed by atoms with Crippen molar-refractivity contribution < 1.29 is 9.59 Å². The Kier molecular flexibility index (Phi) is 6.02. The van der Waals surface area contributed by atoms with E-state index >= 15 is 0 Å². The van der Waals surface area contributed by atoms with E-state index in [2.05, 4.69) is 15.6 Å². The smallest absolute Gasteiger partial charge is 0.321 e. The second-order valence-electron chi connectivity index (χ2n) is 7.43. The SMILES string of the molecule is Cc1c(Cl)cccc1-n1c(SC(C)C(=O)NC(=O)NC2CC2)nc2ccccc2c1=O. The third-order valence-corrected chi connectivity index (χ3v) is 6.49. The zero-order valence-corrected chi connectivity index (χ0v) is 18.6. The lowest BCUT2D eigenvalue weighted by molar-refractivity contribution is -0.119. The fraction of sp³-hybridized carbons (Fsp3) is 0.273. The average molecular weight is 457 g/mol. The van der Waals surface area contributed by atoms with Gasteiger partial charge in [-0.25, -0.2) is 9.78 Å². The predicted molar refractivity (Wildman–Crippen MR) is 122 cm³/mol. The van der Waals surface area contributed by atoms with Crippen molar-refractivity contribution in [1.82, 2.24) is 20.2 Å². The van der Waals surface area contributed by atoms with Crippen molar-refractivity contribution in [2.24, 2.45) is 0 Å². The van der Waals surface area contributed by atoms with Crippen molar-refractivity contribution in [3.8, 4) is 5.69 Å². The number of rotatable bonds is 5. The summed E-state index contributed by atoms with van der Waals surface area (Å²) in [7, 11) is 0. The second kappa shape index (κ2) is 8.72. The van der Waals surface area contributed by atoms with Crippen LogP contribution < -0.4 is 16.2 Å². The fourth-order valence-corrected chi connectivity index (χ4v) is 4.21. The average Bonchev–Trinajstić information content (AvgIpc) is 3.54. The van der Waals surface area contributed by atoms with E-state index in [-0.39, 0.29) is 11.6 Å². The van der Waals surface area contributed by atoms with Crippen LogP contribution in [0.1, 0.15) is 25.3 Å². The Morgan fingerprint density at radius 1 is 1.19 bits per heavy atom. The molecule has 3 aromatic rings. The molecule has 1 unspecified atom stereocenters. The number of hydrogen-bond donors (Lipinski definition) is 2. The topological polar surface area (TPSA) is 93.1 Å². The zero-order valence-electron chi connectivity index (χ0n) is 17.0. The van der Waals surface area contributed by atoms with Crippen molar-refractivity contribution in [2.75, 3.05) is 0 Å². The van der Waals surface area contributed by atoms with Gasteiger partial charge in [-0.2, -0.15) is 0 Å². The Morgan fingerprint density at radius 3 is 2.68 bits per heavy atom. The number of nitrogens with zero attached hydrogens (tertiary/aromatic N) is 2. The minimum absolute atomic E-state index is 0.147. The lowest BCUT2D eigenvalue weighted by Gasteiger charge is -2.18.